The van der Waals surface area contributed by atoms with Gasteiger partial charge in [0.25, 0.3) is 0 Å². The van der Waals surface area contributed by atoms with Gasteiger partial charge in [-0.3, -0.25) is 0 Å². The maximum atomic E-state index is 13.6. The molecule has 0 amide bonds. The Bertz CT molecular complexity index is 640. The summed E-state index contributed by atoms with van der Waals surface area (Å²) >= 11 is 0. The van der Waals surface area contributed by atoms with E-state index in [0.717, 1.165) is 6.54 Å². The lowest BCUT2D eigenvalue weighted by molar-refractivity contribution is 0.443. The van der Waals surface area contributed by atoms with Crippen LogP contribution in [0.2, 0.25) is 0 Å². The summed E-state index contributed by atoms with van der Waals surface area (Å²) in [4.78, 5) is 0. The SMILES string of the molecule is Fc1cc(F)c(F)c(-n2cc(CNCC3CC3)nn2)c1F. The third-order valence-electron chi connectivity index (χ3n) is 3.29. The third kappa shape index (κ3) is 2.90. The maximum absolute atomic E-state index is 13.6. The van der Waals surface area contributed by atoms with Crippen molar-refractivity contribution in [1.82, 2.24) is 20.3 Å². The van der Waals surface area contributed by atoms with Crippen molar-refractivity contribution >= 4 is 0 Å². The highest BCUT2D eigenvalue weighted by molar-refractivity contribution is 5.36. The number of hydrogen-bond acceptors (Lipinski definition) is 3. The lowest BCUT2D eigenvalue weighted by atomic mass is 10.2. The number of benzene rings is 1. The molecular weight excluding hydrogens is 288 g/mol. The molecule has 0 aliphatic heterocycles. The molecule has 1 aromatic carbocycles. The average Bonchev–Trinajstić information content (AvgIpc) is 3.15. The van der Waals surface area contributed by atoms with Crippen LogP contribution in [0, 0.1) is 29.2 Å². The van der Waals surface area contributed by atoms with Gasteiger partial charge in [-0.25, -0.2) is 22.2 Å². The zero-order chi connectivity index (χ0) is 15.0. The molecule has 1 N–H and O–H groups in total. The van der Waals surface area contributed by atoms with Crippen LogP contribution in [-0.4, -0.2) is 21.5 Å². The molecule has 21 heavy (non-hydrogen) atoms. The Morgan fingerprint density at radius 2 is 1.81 bits per heavy atom. The van der Waals surface area contributed by atoms with Gasteiger partial charge in [-0.05, 0) is 25.3 Å². The van der Waals surface area contributed by atoms with Crippen LogP contribution in [0.1, 0.15) is 18.5 Å². The van der Waals surface area contributed by atoms with Gasteiger partial charge in [-0.1, -0.05) is 5.21 Å². The molecule has 0 unspecified atom stereocenters. The summed E-state index contributed by atoms with van der Waals surface area (Å²) < 4.78 is 54.2. The molecule has 0 bridgehead atoms. The highest BCUT2D eigenvalue weighted by Gasteiger charge is 2.22. The van der Waals surface area contributed by atoms with E-state index in [2.05, 4.69) is 15.6 Å². The van der Waals surface area contributed by atoms with Crippen molar-refractivity contribution in [2.45, 2.75) is 19.4 Å². The molecule has 3 rings (SSSR count). The van der Waals surface area contributed by atoms with Gasteiger partial charge < -0.3 is 5.32 Å². The number of rotatable bonds is 5. The smallest absolute Gasteiger partial charge is 0.187 e. The highest BCUT2D eigenvalue weighted by Crippen LogP contribution is 2.27. The monoisotopic (exact) mass is 300 g/mol. The normalized spacial score (nSPS) is 14.7. The summed E-state index contributed by atoms with van der Waals surface area (Å²) in [6, 6.07) is 0.156. The number of halogens is 4. The largest absolute Gasteiger partial charge is 0.311 e. The molecule has 0 saturated heterocycles. The van der Waals surface area contributed by atoms with Crippen LogP contribution in [0.5, 0.6) is 0 Å². The van der Waals surface area contributed by atoms with Gasteiger partial charge in [0, 0.05) is 12.6 Å². The summed E-state index contributed by atoms with van der Waals surface area (Å²) in [5.74, 6) is -5.29. The van der Waals surface area contributed by atoms with Crippen molar-refractivity contribution in [3.63, 3.8) is 0 Å². The van der Waals surface area contributed by atoms with Crippen LogP contribution >= 0.6 is 0 Å². The van der Waals surface area contributed by atoms with E-state index in [9.17, 15) is 17.6 Å². The van der Waals surface area contributed by atoms with Crippen molar-refractivity contribution in [3.05, 3.63) is 41.2 Å². The average molecular weight is 300 g/mol. The molecule has 4 nitrogen and oxygen atoms in total. The molecule has 1 fully saturated rings. The quantitative estimate of drug-likeness (QED) is 0.681. The lowest BCUT2D eigenvalue weighted by Crippen LogP contribution is -2.16. The van der Waals surface area contributed by atoms with Crippen LogP contribution < -0.4 is 5.32 Å². The van der Waals surface area contributed by atoms with E-state index >= 15 is 0 Å². The molecule has 112 valence electrons. The molecule has 2 aromatic rings. The second-order valence-electron chi connectivity index (χ2n) is 5.05. The first-order valence-corrected chi connectivity index (χ1v) is 6.51. The Kier molecular flexibility index (Phi) is 3.62. The minimum Gasteiger partial charge on any atom is -0.311 e. The minimum absolute atomic E-state index is 0.156. The van der Waals surface area contributed by atoms with Gasteiger partial charge in [-0.15, -0.1) is 5.10 Å². The van der Waals surface area contributed by atoms with Crippen molar-refractivity contribution in [1.29, 1.82) is 0 Å². The maximum Gasteiger partial charge on any atom is 0.187 e. The highest BCUT2D eigenvalue weighted by atomic mass is 19.2. The van der Waals surface area contributed by atoms with Crippen molar-refractivity contribution < 1.29 is 17.6 Å². The van der Waals surface area contributed by atoms with Gasteiger partial charge in [0.05, 0.1) is 11.9 Å². The number of nitrogens with one attached hydrogen (secondary N) is 1. The van der Waals surface area contributed by atoms with Gasteiger partial charge >= 0.3 is 0 Å². The first kappa shape index (κ1) is 14.0. The van der Waals surface area contributed by atoms with Crippen molar-refractivity contribution in [2.75, 3.05) is 6.54 Å². The minimum atomic E-state index is -1.50. The van der Waals surface area contributed by atoms with E-state index in [1.807, 2.05) is 0 Å². The second kappa shape index (κ2) is 5.44. The topological polar surface area (TPSA) is 42.7 Å². The standard InChI is InChI=1S/C13H12F4N4/c14-9-3-10(15)12(17)13(11(9)16)21-6-8(19-20-21)5-18-4-7-1-2-7/h3,6-7,18H,1-2,4-5H2. The summed E-state index contributed by atoms with van der Waals surface area (Å²) in [7, 11) is 0. The Morgan fingerprint density at radius 3 is 2.43 bits per heavy atom. The van der Waals surface area contributed by atoms with Crippen molar-refractivity contribution in [2.24, 2.45) is 5.92 Å². The molecule has 1 heterocycles. The van der Waals surface area contributed by atoms with Crippen molar-refractivity contribution in [3.8, 4) is 5.69 Å². The summed E-state index contributed by atoms with van der Waals surface area (Å²) in [6.07, 6.45) is 3.62. The van der Waals surface area contributed by atoms with E-state index in [4.69, 9.17) is 0 Å². The number of nitrogens with zero attached hydrogens (tertiary/aromatic N) is 3. The number of aromatic nitrogens is 3. The Balaban J connectivity index is 1.82. The Hall–Kier alpha value is -1.96. The van der Waals surface area contributed by atoms with Crippen LogP contribution in [0.15, 0.2) is 12.3 Å². The molecule has 1 saturated carbocycles. The summed E-state index contributed by atoms with van der Waals surface area (Å²) in [5.41, 5.74) is -0.479. The molecule has 1 aliphatic rings. The molecule has 0 atom stereocenters. The molecule has 1 aliphatic carbocycles. The van der Waals surface area contributed by atoms with E-state index in [0.29, 0.717) is 22.8 Å². The Morgan fingerprint density at radius 1 is 1.14 bits per heavy atom. The van der Waals surface area contributed by atoms with Crippen LogP contribution in [0.4, 0.5) is 17.6 Å². The first-order chi connectivity index (χ1) is 10.1. The summed E-state index contributed by atoms with van der Waals surface area (Å²) in [6.45, 7) is 1.21. The molecule has 1 aromatic heterocycles. The zero-order valence-electron chi connectivity index (χ0n) is 10.9. The lowest BCUT2D eigenvalue weighted by Gasteiger charge is -2.05. The predicted molar refractivity (Wildman–Crippen MR) is 65.6 cm³/mol. The molecule has 8 heteroatoms. The van der Waals surface area contributed by atoms with Crippen LogP contribution in [0.3, 0.4) is 0 Å². The summed E-state index contributed by atoms with van der Waals surface area (Å²) in [5, 5.41) is 10.4. The van der Waals surface area contributed by atoms with E-state index < -0.39 is 29.0 Å². The molecular formula is C13H12F4N4. The fourth-order valence-electron chi connectivity index (χ4n) is 1.98. The first-order valence-electron chi connectivity index (χ1n) is 6.51. The Labute approximate surface area is 117 Å². The van der Waals surface area contributed by atoms with Gasteiger partial charge in [0.1, 0.15) is 5.69 Å². The zero-order valence-corrected chi connectivity index (χ0v) is 10.9. The second-order valence-corrected chi connectivity index (χ2v) is 5.05. The number of hydrogen-bond donors (Lipinski definition) is 1. The van der Waals surface area contributed by atoms with E-state index in [-0.39, 0.29) is 6.07 Å². The predicted octanol–water partition coefficient (Wildman–Crippen LogP) is 2.32. The fraction of sp³-hybridized carbons (Fsp3) is 0.385. The molecule has 0 radical (unpaired) electrons. The molecule has 0 spiro atoms. The van der Waals surface area contributed by atoms with Crippen LogP contribution in [0.25, 0.3) is 5.69 Å². The van der Waals surface area contributed by atoms with Gasteiger partial charge in [0.15, 0.2) is 23.3 Å². The van der Waals surface area contributed by atoms with Gasteiger partial charge in [0.2, 0.25) is 0 Å². The fourth-order valence-corrected chi connectivity index (χ4v) is 1.98. The van der Waals surface area contributed by atoms with E-state index in [1.54, 1.807) is 0 Å². The van der Waals surface area contributed by atoms with Gasteiger partial charge in [-0.2, -0.15) is 0 Å². The van der Waals surface area contributed by atoms with Crippen LogP contribution in [-0.2, 0) is 6.54 Å². The van der Waals surface area contributed by atoms with E-state index in [1.165, 1.54) is 19.0 Å². The third-order valence-corrected chi connectivity index (χ3v) is 3.29.